The average molecular weight is 1100 g/mol. The molecule has 0 amide bonds. The van der Waals surface area contributed by atoms with E-state index in [1.165, 1.54) is 315 Å². The van der Waals surface area contributed by atoms with Crippen molar-refractivity contribution in [2.45, 2.75) is 419 Å². The van der Waals surface area contributed by atoms with Crippen LogP contribution >= 0.6 is 0 Å². The van der Waals surface area contributed by atoms with E-state index >= 15 is 0 Å². The second-order valence-electron chi connectivity index (χ2n) is 24.5. The summed E-state index contributed by atoms with van der Waals surface area (Å²) < 4.78 is 17.0. The third-order valence-electron chi connectivity index (χ3n) is 16.5. The number of carbonyl (C=O) groups excluding carboxylic acids is 3. The topological polar surface area (TPSA) is 78.9 Å². The summed E-state index contributed by atoms with van der Waals surface area (Å²) in [6, 6.07) is 0. The van der Waals surface area contributed by atoms with Crippen molar-refractivity contribution >= 4 is 17.9 Å². The van der Waals surface area contributed by atoms with Gasteiger partial charge in [-0.2, -0.15) is 0 Å². The lowest BCUT2D eigenvalue weighted by molar-refractivity contribution is -0.167. The van der Waals surface area contributed by atoms with Gasteiger partial charge in [-0.1, -0.05) is 360 Å². The summed E-state index contributed by atoms with van der Waals surface area (Å²) in [5.41, 5.74) is 0. The Morgan fingerprint density at radius 2 is 0.423 bits per heavy atom. The largest absolute Gasteiger partial charge is 0.462 e. The maximum atomic E-state index is 12.9. The molecule has 0 aliphatic heterocycles. The van der Waals surface area contributed by atoms with E-state index in [9.17, 15) is 14.4 Å². The van der Waals surface area contributed by atoms with Crippen LogP contribution in [0, 0.1) is 0 Å². The van der Waals surface area contributed by atoms with E-state index in [0.29, 0.717) is 19.3 Å². The van der Waals surface area contributed by atoms with E-state index in [2.05, 4.69) is 32.9 Å². The number of ether oxygens (including phenoxy) is 3. The van der Waals surface area contributed by atoms with Crippen LogP contribution < -0.4 is 0 Å². The Morgan fingerprint density at radius 1 is 0.244 bits per heavy atom. The maximum absolute atomic E-state index is 12.9. The van der Waals surface area contributed by atoms with Crippen molar-refractivity contribution in [2.75, 3.05) is 13.2 Å². The van der Waals surface area contributed by atoms with Crippen molar-refractivity contribution in [2.24, 2.45) is 0 Å². The molecule has 0 saturated heterocycles. The first-order valence-electron chi connectivity index (χ1n) is 35.7. The Hall–Kier alpha value is -1.85. The van der Waals surface area contributed by atoms with Gasteiger partial charge in [0.2, 0.25) is 0 Å². The van der Waals surface area contributed by atoms with Crippen LogP contribution in [0.2, 0.25) is 0 Å². The highest BCUT2D eigenvalue weighted by Crippen LogP contribution is 2.19. The zero-order valence-electron chi connectivity index (χ0n) is 53.2. The van der Waals surface area contributed by atoms with Crippen molar-refractivity contribution < 1.29 is 28.6 Å². The zero-order chi connectivity index (χ0) is 56.4. The van der Waals surface area contributed by atoms with Gasteiger partial charge in [0, 0.05) is 19.3 Å². The highest BCUT2D eigenvalue weighted by atomic mass is 16.6. The van der Waals surface area contributed by atoms with Crippen LogP contribution in [0.1, 0.15) is 412 Å². The van der Waals surface area contributed by atoms with Crippen molar-refractivity contribution in [3.63, 3.8) is 0 Å². The minimum absolute atomic E-state index is 0.0648. The molecule has 6 nitrogen and oxygen atoms in total. The Morgan fingerprint density at radius 3 is 0.641 bits per heavy atom. The van der Waals surface area contributed by atoms with Crippen LogP contribution in [-0.4, -0.2) is 37.2 Å². The van der Waals surface area contributed by atoms with Crippen LogP contribution in [0.5, 0.6) is 0 Å². The molecule has 1 atom stereocenters. The molecule has 0 radical (unpaired) electrons. The molecule has 1 unspecified atom stereocenters. The third-order valence-corrected chi connectivity index (χ3v) is 16.5. The summed E-state index contributed by atoms with van der Waals surface area (Å²) in [7, 11) is 0. The van der Waals surface area contributed by atoms with Gasteiger partial charge in [-0.05, 0) is 44.9 Å². The first-order chi connectivity index (χ1) is 38.5. The zero-order valence-corrected chi connectivity index (χ0v) is 53.2. The number of unbranched alkanes of at least 4 members (excludes halogenated alkanes) is 54. The fourth-order valence-electron chi connectivity index (χ4n) is 11.2. The highest BCUT2D eigenvalue weighted by molar-refractivity contribution is 5.71. The van der Waals surface area contributed by atoms with Crippen molar-refractivity contribution in [1.29, 1.82) is 0 Å². The van der Waals surface area contributed by atoms with Crippen LogP contribution in [-0.2, 0) is 28.6 Å². The molecular weight excluding hydrogens is 961 g/mol. The van der Waals surface area contributed by atoms with Gasteiger partial charge in [-0.3, -0.25) is 14.4 Å². The van der Waals surface area contributed by atoms with Crippen LogP contribution in [0.15, 0.2) is 12.2 Å². The second-order valence-corrected chi connectivity index (χ2v) is 24.5. The monoisotopic (exact) mass is 1100 g/mol. The number of esters is 3. The molecule has 78 heavy (non-hydrogen) atoms. The molecule has 462 valence electrons. The molecule has 0 rings (SSSR count). The fourth-order valence-corrected chi connectivity index (χ4v) is 11.2. The van der Waals surface area contributed by atoms with E-state index in [0.717, 1.165) is 57.8 Å². The van der Waals surface area contributed by atoms with Crippen LogP contribution in [0.3, 0.4) is 0 Å². The van der Waals surface area contributed by atoms with E-state index in [1.807, 2.05) is 0 Å². The summed E-state index contributed by atoms with van der Waals surface area (Å²) in [5, 5.41) is 0. The Kier molecular flexibility index (Phi) is 66.0. The van der Waals surface area contributed by atoms with Gasteiger partial charge in [0.25, 0.3) is 0 Å². The fraction of sp³-hybridized carbons (Fsp3) is 0.931. The molecule has 0 fully saturated rings. The van der Waals surface area contributed by atoms with Crippen LogP contribution in [0.4, 0.5) is 0 Å². The van der Waals surface area contributed by atoms with Gasteiger partial charge in [0.05, 0.1) is 0 Å². The van der Waals surface area contributed by atoms with E-state index in [4.69, 9.17) is 14.2 Å². The number of hydrogen-bond acceptors (Lipinski definition) is 6. The van der Waals surface area contributed by atoms with Gasteiger partial charge >= 0.3 is 17.9 Å². The summed E-state index contributed by atoms with van der Waals surface area (Å²) in [4.78, 5) is 38.5. The lowest BCUT2D eigenvalue weighted by Crippen LogP contribution is -2.30. The van der Waals surface area contributed by atoms with Gasteiger partial charge in [-0.25, -0.2) is 0 Å². The SMILES string of the molecule is CCCCCCCCC/C=C\CCCCCCCCCC(=O)OC(COC(=O)CCCCCCCCCCCCCCCCCCC)COC(=O)CCCCCCCCCCCCCCCCCCCCCCCCCCC. The Bertz CT molecular complexity index is 1210. The van der Waals surface area contributed by atoms with Gasteiger partial charge in [0.15, 0.2) is 6.10 Å². The van der Waals surface area contributed by atoms with E-state index in [1.54, 1.807) is 0 Å². The predicted octanol–water partition coefficient (Wildman–Crippen LogP) is 24.4. The maximum Gasteiger partial charge on any atom is 0.306 e. The Labute approximate surface area is 488 Å². The molecule has 0 spiro atoms. The quantitative estimate of drug-likeness (QED) is 0.0261. The van der Waals surface area contributed by atoms with Crippen LogP contribution in [0.25, 0.3) is 0 Å². The molecule has 0 bridgehead atoms. The first-order valence-corrected chi connectivity index (χ1v) is 35.7. The highest BCUT2D eigenvalue weighted by Gasteiger charge is 2.19. The van der Waals surface area contributed by atoms with Gasteiger partial charge in [-0.15, -0.1) is 0 Å². The van der Waals surface area contributed by atoms with Gasteiger partial charge in [0.1, 0.15) is 13.2 Å². The standard InChI is InChI=1S/C72H138O6/c1-4-7-10-13-16-19-22-25-28-31-33-34-35-36-37-38-39-42-44-47-50-53-56-59-62-65-71(74)77-68-69(67-76-70(73)64-61-58-55-52-49-46-43-40-30-27-24-21-18-15-12-9-6-3)78-72(75)66-63-60-57-54-51-48-45-41-32-29-26-23-20-17-14-11-8-5-2/h29,32,69H,4-28,30-31,33-68H2,1-3H3/b32-29-. The van der Waals surface area contributed by atoms with Gasteiger partial charge < -0.3 is 14.2 Å². The minimum atomic E-state index is -0.769. The normalized spacial score (nSPS) is 12.0. The van der Waals surface area contributed by atoms with E-state index < -0.39 is 6.10 Å². The molecule has 0 aliphatic carbocycles. The average Bonchev–Trinajstić information content (AvgIpc) is 3.44. The molecule has 0 aromatic rings. The molecule has 0 heterocycles. The molecule has 0 aromatic heterocycles. The van der Waals surface area contributed by atoms with Crippen molar-refractivity contribution in [3.8, 4) is 0 Å². The second kappa shape index (κ2) is 67.7. The molecule has 0 saturated carbocycles. The number of allylic oxidation sites excluding steroid dienone is 2. The number of hydrogen-bond donors (Lipinski definition) is 0. The molecule has 0 aromatic carbocycles. The molecule has 0 aliphatic rings. The summed E-state index contributed by atoms with van der Waals surface area (Å²) in [6.07, 6.45) is 81.0. The minimum Gasteiger partial charge on any atom is -0.462 e. The lowest BCUT2D eigenvalue weighted by Gasteiger charge is -2.18. The number of rotatable bonds is 67. The van der Waals surface area contributed by atoms with Crippen molar-refractivity contribution in [1.82, 2.24) is 0 Å². The molecule has 6 heteroatoms. The first kappa shape index (κ1) is 76.1. The molecule has 0 N–H and O–H groups in total. The number of carbonyl (C=O) groups is 3. The lowest BCUT2D eigenvalue weighted by atomic mass is 10.0. The summed E-state index contributed by atoms with van der Waals surface area (Å²) >= 11 is 0. The Balaban J connectivity index is 4.24. The summed E-state index contributed by atoms with van der Waals surface area (Å²) in [5.74, 6) is -0.832. The third kappa shape index (κ3) is 65.0. The van der Waals surface area contributed by atoms with Crippen molar-refractivity contribution in [3.05, 3.63) is 12.2 Å². The van der Waals surface area contributed by atoms with E-state index in [-0.39, 0.29) is 31.1 Å². The molecular formula is C72H138O6. The summed E-state index contributed by atoms with van der Waals surface area (Å²) in [6.45, 7) is 6.73. The smallest absolute Gasteiger partial charge is 0.306 e. The predicted molar refractivity (Wildman–Crippen MR) is 340 cm³/mol.